The summed E-state index contributed by atoms with van der Waals surface area (Å²) in [6, 6.07) is -1.66. The van der Waals surface area contributed by atoms with Gasteiger partial charge in [0.15, 0.2) is 0 Å². The Hall–Kier alpha value is -1.83. The summed E-state index contributed by atoms with van der Waals surface area (Å²) in [5, 5.41) is 20.6. The average molecular weight is 259 g/mol. The summed E-state index contributed by atoms with van der Waals surface area (Å²) in [6.07, 6.45) is -0.721. The Kier molecular flexibility index (Phi) is 4.49. The van der Waals surface area contributed by atoms with Gasteiger partial charge in [-0.3, -0.25) is 9.69 Å². The maximum Gasteiger partial charge on any atom is 0.328 e. The standard InChI is InChI=1S/C10H17N3O5/c1-6(14)4-12(2)10(18)13-5-8(15)11-3-7(13)9(16)17/h6-7,14H,3-5H2,1-2H3,(H,11,15)(H,16,17). The molecule has 1 fully saturated rings. The maximum absolute atomic E-state index is 12.0. The molecule has 8 nitrogen and oxygen atoms in total. The lowest BCUT2D eigenvalue weighted by atomic mass is 10.2. The number of hydrogen-bond donors (Lipinski definition) is 3. The Bertz CT molecular complexity index is 357. The molecular formula is C10H17N3O5. The Labute approximate surface area is 104 Å². The van der Waals surface area contributed by atoms with E-state index < -0.39 is 30.1 Å². The van der Waals surface area contributed by atoms with Crippen LogP contribution >= 0.6 is 0 Å². The fourth-order valence-electron chi connectivity index (χ4n) is 1.76. The molecule has 1 rings (SSSR count). The minimum atomic E-state index is -1.17. The van der Waals surface area contributed by atoms with Crippen LogP contribution in [0, 0.1) is 0 Å². The van der Waals surface area contributed by atoms with E-state index in [1.807, 2.05) is 0 Å². The molecule has 0 aromatic heterocycles. The number of carboxylic acid groups (broad SMARTS) is 1. The van der Waals surface area contributed by atoms with Gasteiger partial charge in [0.05, 0.1) is 6.10 Å². The zero-order valence-electron chi connectivity index (χ0n) is 10.3. The van der Waals surface area contributed by atoms with Crippen molar-refractivity contribution in [3.05, 3.63) is 0 Å². The van der Waals surface area contributed by atoms with Gasteiger partial charge in [0.2, 0.25) is 5.91 Å². The molecule has 102 valence electrons. The van der Waals surface area contributed by atoms with Crippen LogP contribution in [0.25, 0.3) is 0 Å². The van der Waals surface area contributed by atoms with Crippen LogP contribution in [0.3, 0.4) is 0 Å². The van der Waals surface area contributed by atoms with E-state index in [4.69, 9.17) is 5.11 Å². The summed E-state index contributed by atoms with van der Waals surface area (Å²) in [4.78, 5) is 36.4. The molecule has 8 heteroatoms. The number of carbonyl (C=O) groups excluding carboxylic acids is 2. The molecular weight excluding hydrogens is 242 g/mol. The maximum atomic E-state index is 12.0. The van der Waals surface area contributed by atoms with Crippen LogP contribution in [0.1, 0.15) is 6.92 Å². The number of carbonyl (C=O) groups is 3. The minimum Gasteiger partial charge on any atom is -0.480 e. The lowest BCUT2D eigenvalue weighted by Gasteiger charge is -2.35. The monoisotopic (exact) mass is 259 g/mol. The van der Waals surface area contributed by atoms with Crippen LogP contribution < -0.4 is 5.32 Å². The number of carboxylic acids is 1. The summed E-state index contributed by atoms with van der Waals surface area (Å²) in [5.74, 6) is -1.57. The topological polar surface area (TPSA) is 110 Å². The molecule has 1 heterocycles. The number of hydrogen-bond acceptors (Lipinski definition) is 4. The van der Waals surface area contributed by atoms with Gasteiger partial charge in [0.1, 0.15) is 12.6 Å². The number of amides is 3. The summed E-state index contributed by atoms with van der Waals surface area (Å²) in [5.41, 5.74) is 0. The van der Waals surface area contributed by atoms with E-state index in [1.54, 1.807) is 0 Å². The highest BCUT2D eigenvalue weighted by Crippen LogP contribution is 2.08. The van der Waals surface area contributed by atoms with E-state index in [9.17, 15) is 19.5 Å². The third kappa shape index (κ3) is 3.33. The molecule has 2 unspecified atom stereocenters. The van der Waals surface area contributed by atoms with Gasteiger partial charge in [-0.15, -0.1) is 0 Å². The molecule has 1 saturated heterocycles. The van der Waals surface area contributed by atoms with Crippen LogP contribution in [0.5, 0.6) is 0 Å². The van der Waals surface area contributed by atoms with Gasteiger partial charge in [-0.2, -0.15) is 0 Å². The summed E-state index contributed by atoms with van der Waals surface area (Å²) < 4.78 is 0. The molecule has 1 aliphatic heterocycles. The largest absolute Gasteiger partial charge is 0.480 e. The van der Waals surface area contributed by atoms with Crippen LogP contribution in [-0.4, -0.2) is 76.7 Å². The first-order chi connectivity index (χ1) is 8.32. The molecule has 2 atom stereocenters. The van der Waals surface area contributed by atoms with Crippen molar-refractivity contribution >= 4 is 17.9 Å². The van der Waals surface area contributed by atoms with Crippen LogP contribution in [0.2, 0.25) is 0 Å². The molecule has 0 spiro atoms. The zero-order valence-corrected chi connectivity index (χ0v) is 10.3. The minimum absolute atomic E-state index is 0.0727. The number of nitrogens with one attached hydrogen (secondary N) is 1. The van der Waals surface area contributed by atoms with Crippen LogP contribution in [0.15, 0.2) is 0 Å². The lowest BCUT2D eigenvalue weighted by molar-refractivity contribution is -0.144. The average Bonchev–Trinajstić information content (AvgIpc) is 2.26. The quantitative estimate of drug-likeness (QED) is 0.560. The molecule has 0 aromatic carbocycles. The normalized spacial score (nSPS) is 21.2. The second kappa shape index (κ2) is 5.67. The number of rotatable bonds is 3. The molecule has 0 aromatic rings. The van der Waals surface area contributed by atoms with Crippen molar-refractivity contribution in [2.45, 2.75) is 19.1 Å². The highest BCUT2D eigenvalue weighted by atomic mass is 16.4. The Morgan fingerprint density at radius 2 is 2.22 bits per heavy atom. The van der Waals surface area contributed by atoms with Gasteiger partial charge in [-0.25, -0.2) is 9.59 Å². The van der Waals surface area contributed by atoms with E-state index >= 15 is 0 Å². The number of aliphatic hydroxyl groups is 1. The fraction of sp³-hybridized carbons (Fsp3) is 0.700. The molecule has 0 bridgehead atoms. The van der Waals surface area contributed by atoms with Crippen LogP contribution in [-0.2, 0) is 9.59 Å². The first kappa shape index (κ1) is 14.2. The van der Waals surface area contributed by atoms with Gasteiger partial charge in [0.25, 0.3) is 0 Å². The number of piperazine rings is 1. The van der Waals surface area contributed by atoms with Gasteiger partial charge in [-0.05, 0) is 6.92 Å². The fourth-order valence-corrected chi connectivity index (χ4v) is 1.76. The number of likely N-dealkylation sites (N-methyl/N-ethyl adjacent to an activating group) is 1. The van der Waals surface area contributed by atoms with Gasteiger partial charge in [-0.1, -0.05) is 0 Å². The van der Waals surface area contributed by atoms with Crippen molar-refractivity contribution in [2.75, 3.05) is 26.7 Å². The summed E-state index contributed by atoms with van der Waals surface area (Å²) >= 11 is 0. The highest BCUT2D eigenvalue weighted by Gasteiger charge is 2.36. The summed E-state index contributed by atoms with van der Waals surface area (Å²) in [6.45, 7) is 1.19. The van der Waals surface area contributed by atoms with E-state index in [-0.39, 0.29) is 19.6 Å². The molecule has 0 aliphatic carbocycles. The SMILES string of the molecule is CC(O)CN(C)C(=O)N1CC(=O)NCC1C(=O)O. The third-order valence-electron chi connectivity index (χ3n) is 2.58. The van der Waals surface area contributed by atoms with E-state index in [0.29, 0.717) is 0 Å². The summed E-state index contributed by atoms with van der Waals surface area (Å²) in [7, 11) is 1.44. The van der Waals surface area contributed by atoms with Gasteiger partial charge < -0.3 is 20.4 Å². The molecule has 18 heavy (non-hydrogen) atoms. The Morgan fingerprint density at radius 1 is 1.61 bits per heavy atom. The molecule has 0 radical (unpaired) electrons. The van der Waals surface area contributed by atoms with Crippen molar-refractivity contribution in [2.24, 2.45) is 0 Å². The number of nitrogens with zero attached hydrogens (tertiary/aromatic N) is 2. The van der Waals surface area contributed by atoms with Crippen molar-refractivity contribution in [1.29, 1.82) is 0 Å². The Balaban J connectivity index is 2.78. The smallest absolute Gasteiger partial charge is 0.328 e. The van der Waals surface area contributed by atoms with Gasteiger partial charge in [0, 0.05) is 20.1 Å². The first-order valence-corrected chi connectivity index (χ1v) is 5.52. The highest BCUT2D eigenvalue weighted by molar-refractivity contribution is 5.90. The second-order valence-electron chi connectivity index (χ2n) is 4.30. The number of aliphatic carboxylic acids is 1. The predicted molar refractivity (Wildman–Crippen MR) is 60.8 cm³/mol. The first-order valence-electron chi connectivity index (χ1n) is 5.52. The lowest BCUT2D eigenvalue weighted by Crippen LogP contribution is -2.61. The molecule has 0 saturated carbocycles. The van der Waals surface area contributed by atoms with Crippen molar-refractivity contribution in [1.82, 2.24) is 15.1 Å². The number of urea groups is 1. The van der Waals surface area contributed by atoms with Crippen LogP contribution in [0.4, 0.5) is 4.79 Å². The molecule has 1 aliphatic rings. The third-order valence-corrected chi connectivity index (χ3v) is 2.58. The van der Waals surface area contributed by atoms with Crippen molar-refractivity contribution in [3.8, 4) is 0 Å². The van der Waals surface area contributed by atoms with Gasteiger partial charge >= 0.3 is 12.0 Å². The number of aliphatic hydroxyl groups excluding tert-OH is 1. The van der Waals surface area contributed by atoms with Crippen molar-refractivity contribution < 1.29 is 24.6 Å². The zero-order chi connectivity index (χ0) is 13.9. The van der Waals surface area contributed by atoms with E-state index in [1.165, 1.54) is 18.9 Å². The van der Waals surface area contributed by atoms with E-state index in [2.05, 4.69) is 5.32 Å². The molecule has 3 N–H and O–H groups in total. The van der Waals surface area contributed by atoms with E-state index in [0.717, 1.165) is 4.90 Å². The molecule has 3 amide bonds. The Morgan fingerprint density at radius 3 is 2.72 bits per heavy atom. The predicted octanol–water partition coefficient (Wildman–Crippen LogP) is -1.70. The second-order valence-corrected chi connectivity index (χ2v) is 4.30. The van der Waals surface area contributed by atoms with Crippen molar-refractivity contribution in [3.63, 3.8) is 0 Å².